The molecule has 1 aliphatic heterocycles. The zero-order valence-electron chi connectivity index (χ0n) is 12.3. The molecule has 7 heteroatoms. The number of hydrogen-bond donors (Lipinski definition) is 2. The number of benzene rings is 1. The van der Waals surface area contributed by atoms with E-state index in [9.17, 15) is 8.42 Å². The van der Waals surface area contributed by atoms with E-state index in [0.29, 0.717) is 13.1 Å². The van der Waals surface area contributed by atoms with E-state index in [1.807, 2.05) is 24.3 Å². The van der Waals surface area contributed by atoms with E-state index in [2.05, 4.69) is 14.9 Å². The number of rotatable bonds is 7. The van der Waals surface area contributed by atoms with Gasteiger partial charge in [-0.1, -0.05) is 12.1 Å². The summed E-state index contributed by atoms with van der Waals surface area (Å²) in [6.07, 6.45) is 0. The number of piperazine rings is 1. The lowest BCUT2D eigenvalue weighted by Gasteiger charge is -2.26. The van der Waals surface area contributed by atoms with E-state index in [1.54, 1.807) is 7.11 Å². The van der Waals surface area contributed by atoms with Crippen molar-refractivity contribution in [2.45, 2.75) is 6.54 Å². The second kappa shape index (κ2) is 7.74. The number of sulfonamides is 1. The molecule has 118 valence electrons. The zero-order valence-corrected chi connectivity index (χ0v) is 13.2. The van der Waals surface area contributed by atoms with Gasteiger partial charge in [-0.2, -0.15) is 0 Å². The van der Waals surface area contributed by atoms with Crippen LogP contribution < -0.4 is 14.8 Å². The average Bonchev–Trinajstić information content (AvgIpc) is 2.52. The van der Waals surface area contributed by atoms with Crippen LogP contribution in [0.3, 0.4) is 0 Å². The summed E-state index contributed by atoms with van der Waals surface area (Å²) in [5, 5.41) is 3.25. The Hall–Kier alpha value is -1.15. The molecule has 1 aromatic rings. The molecule has 1 fully saturated rings. The van der Waals surface area contributed by atoms with E-state index in [4.69, 9.17) is 4.74 Å². The van der Waals surface area contributed by atoms with Crippen molar-refractivity contribution >= 4 is 10.0 Å². The Kier molecular flexibility index (Phi) is 5.98. The summed E-state index contributed by atoms with van der Waals surface area (Å²) in [5.74, 6) is 0.865. The summed E-state index contributed by atoms with van der Waals surface area (Å²) >= 11 is 0. The van der Waals surface area contributed by atoms with Crippen molar-refractivity contribution in [3.05, 3.63) is 29.8 Å². The molecule has 1 aromatic carbocycles. The quantitative estimate of drug-likeness (QED) is 0.743. The maximum Gasteiger partial charge on any atom is 0.213 e. The molecule has 2 N–H and O–H groups in total. The molecule has 0 unspecified atom stereocenters. The Morgan fingerprint density at radius 3 is 2.81 bits per heavy atom. The predicted octanol–water partition coefficient (Wildman–Crippen LogP) is 0.0198. The van der Waals surface area contributed by atoms with Gasteiger partial charge in [-0.05, 0) is 17.7 Å². The van der Waals surface area contributed by atoms with Gasteiger partial charge in [-0.25, -0.2) is 13.1 Å². The fraction of sp³-hybridized carbons (Fsp3) is 0.571. The lowest BCUT2D eigenvalue weighted by atomic mass is 10.2. The van der Waals surface area contributed by atoms with Gasteiger partial charge in [0.05, 0.1) is 12.9 Å². The van der Waals surface area contributed by atoms with Crippen LogP contribution >= 0.6 is 0 Å². The second-order valence-corrected chi connectivity index (χ2v) is 7.01. The maximum absolute atomic E-state index is 12.0. The van der Waals surface area contributed by atoms with Gasteiger partial charge in [0.25, 0.3) is 0 Å². The van der Waals surface area contributed by atoms with Gasteiger partial charge >= 0.3 is 0 Å². The fourth-order valence-electron chi connectivity index (χ4n) is 2.23. The normalized spacial score (nSPS) is 16.8. The molecule has 0 aliphatic carbocycles. The van der Waals surface area contributed by atoms with Gasteiger partial charge in [0.2, 0.25) is 10.0 Å². The number of hydrogen-bond acceptors (Lipinski definition) is 5. The van der Waals surface area contributed by atoms with Crippen LogP contribution in [0.2, 0.25) is 0 Å². The smallest absolute Gasteiger partial charge is 0.213 e. The van der Waals surface area contributed by atoms with E-state index in [0.717, 1.165) is 37.5 Å². The second-order valence-electron chi connectivity index (χ2n) is 5.08. The number of nitrogens with zero attached hydrogens (tertiary/aromatic N) is 1. The van der Waals surface area contributed by atoms with Crippen LogP contribution in [0.5, 0.6) is 5.75 Å². The molecule has 0 amide bonds. The monoisotopic (exact) mass is 313 g/mol. The first kappa shape index (κ1) is 16.2. The van der Waals surface area contributed by atoms with Crippen molar-refractivity contribution in [1.82, 2.24) is 14.9 Å². The highest BCUT2D eigenvalue weighted by Gasteiger charge is 2.15. The first-order valence-electron chi connectivity index (χ1n) is 7.12. The van der Waals surface area contributed by atoms with Crippen molar-refractivity contribution in [3.63, 3.8) is 0 Å². The molecule has 1 saturated heterocycles. The predicted molar refractivity (Wildman–Crippen MR) is 82.9 cm³/mol. The first-order chi connectivity index (χ1) is 10.1. The van der Waals surface area contributed by atoms with Gasteiger partial charge in [-0.3, -0.25) is 4.90 Å². The minimum Gasteiger partial charge on any atom is -0.497 e. The van der Waals surface area contributed by atoms with Crippen LogP contribution in [0, 0.1) is 0 Å². The van der Waals surface area contributed by atoms with Gasteiger partial charge in [0.15, 0.2) is 0 Å². The molecule has 0 aromatic heterocycles. The van der Waals surface area contributed by atoms with Crippen molar-refractivity contribution in [1.29, 1.82) is 0 Å². The third kappa shape index (κ3) is 5.62. The highest BCUT2D eigenvalue weighted by Crippen LogP contribution is 2.12. The summed E-state index contributed by atoms with van der Waals surface area (Å²) in [4.78, 5) is 2.17. The molecule has 0 saturated carbocycles. The molecule has 0 bridgehead atoms. The molecule has 1 aliphatic rings. The van der Waals surface area contributed by atoms with E-state index >= 15 is 0 Å². The van der Waals surface area contributed by atoms with Crippen molar-refractivity contribution in [2.75, 3.05) is 45.6 Å². The van der Waals surface area contributed by atoms with Crippen molar-refractivity contribution < 1.29 is 13.2 Å². The summed E-state index contributed by atoms with van der Waals surface area (Å²) < 4.78 is 31.8. The minimum atomic E-state index is -3.25. The zero-order chi connectivity index (χ0) is 15.1. The molecular weight excluding hydrogens is 290 g/mol. The van der Waals surface area contributed by atoms with E-state index < -0.39 is 10.0 Å². The Labute approximate surface area is 126 Å². The molecule has 21 heavy (non-hydrogen) atoms. The SMILES string of the molecule is COc1cccc(CNS(=O)(=O)CCN2CCNCC2)c1. The lowest BCUT2D eigenvalue weighted by molar-refractivity contribution is 0.253. The lowest BCUT2D eigenvalue weighted by Crippen LogP contribution is -2.45. The molecule has 0 spiro atoms. The van der Waals surface area contributed by atoms with Gasteiger partial charge in [0, 0.05) is 39.3 Å². The number of ether oxygens (including phenoxy) is 1. The van der Waals surface area contributed by atoms with Crippen LogP contribution in [0.4, 0.5) is 0 Å². The fourth-order valence-corrected chi connectivity index (χ4v) is 3.26. The van der Waals surface area contributed by atoms with Crippen LogP contribution in [0.15, 0.2) is 24.3 Å². The van der Waals surface area contributed by atoms with Crippen LogP contribution in [0.25, 0.3) is 0 Å². The highest BCUT2D eigenvalue weighted by molar-refractivity contribution is 7.89. The van der Waals surface area contributed by atoms with Crippen LogP contribution in [-0.4, -0.2) is 58.9 Å². The molecule has 2 rings (SSSR count). The number of nitrogens with one attached hydrogen (secondary N) is 2. The van der Waals surface area contributed by atoms with Gasteiger partial charge in [0.1, 0.15) is 5.75 Å². The third-order valence-electron chi connectivity index (χ3n) is 3.52. The summed E-state index contributed by atoms with van der Waals surface area (Å²) in [7, 11) is -1.66. The van der Waals surface area contributed by atoms with Crippen LogP contribution in [-0.2, 0) is 16.6 Å². The summed E-state index contributed by atoms with van der Waals surface area (Å²) in [5.41, 5.74) is 0.889. The van der Waals surface area contributed by atoms with Gasteiger partial charge in [-0.15, -0.1) is 0 Å². The number of methoxy groups -OCH3 is 1. The molecule has 1 heterocycles. The molecular formula is C14H23N3O3S. The highest BCUT2D eigenvalue weighted by atomic mass is 32.2. The Balaban J connectivity index is 1.80. The molecule has 6 nitrogen and oxygen atoms in total. The van der Waals surface area contributed by atoms with Crippen molar-refractivity contribution in [2.24, 2.45) is 0 Å². The molecule has 0 atom stereocenters. The first-order valence-corrected chi connectivity index (χ1v) is 8.78. The topological polar surface area (TPSA) is 70.7 Å². The molecule has 0 radical (unpaired) electrons. The summed E-state index contributed by atoms with van der Waals surface area (Å²) in [6, 6.07) is 7.39. The minimum absolute atomic E-state index is 0.136. The van der Waals surface area contributed by atoms with Crippen molar-refractivity contribution in [3.8, 4) is 5.75 Å². The standard InChI is InChI=1S/C14H23N3O3S/c1-20-14-4-2-3-13(11-14)12-16-21(18,19)10-9-17-7-5-15-6-8-17/h2-4,11,15-16H,5-10,12H2,1H3. The largest absolute Gasteiger partial charge is 0.497 e. The van der Waals surface area contributed by atoms with E-state index in [-0.39, 0.29) is 5.75 Å². The maximum atomic E-state index is 12.0. The van der Waals surface area contributed by atoms with E-state index in [1.165, 1.54) is 0 Å². The summed E-state index contributed by atoms with van der Waals surface area (Å²) in [6.45, 7) is 4.54. The average molecular weight is 313 g/mol. The Morgan fingerprint density at radius 1 is 1.33 bits per heavy atom. The Morgan fingerprint density at radius 2 is 2.10 bits per heavy atom. The Bertz CT molecular complexity index is 542. The van der Waals surface area contributed by atoms with Gasteiger partial charge < -0.3 is 10.1 Å². The third-order valence-corrected chi connectivity index (χ3v) is 4.82. The van der Waals surface area contributed by atoms with Crippen LogP contribution in [0.1, 0.15) is 5.56 Å².